The Hall–Kier alpha value is -3.88. The lowest BCUT2D eigenvalue weighted by Crippen LogP contribution is -2.42. The Labute approximate surface area is 277 Å². The molecule has 2 aromatic carbocycles. The molecule has 6 rings (SSSR count). The van der Waals surface area contributed by atoms with Crippen LogP contribution in [0.5, 0.6) is 5.75 Å². The van der Waals surface area contributed by atoms with Crippen LogP contribution in [0.4, 0.5) is 16.2 Å². The number of ether oxygens (including phenoxy) is 2. The zero-order chi connectivity index (χ0) is 34.4. The van der Waals surface area contributed by atoms with E-state index in [0.717, 1.165) is 24.9 Å². The quantitative estimate of drug-likeness (QED) is 0.148. The molecule has 48 heavy (non-hydrogen) atoms. The highest BCUT2D eigenvalue weighted by atomic mass is 31.2. The van der Waals surface area contributed by atoms with E-state index >= 15 is 4.39 Å². The largest absolute Gasteiger partial charge is 0.464 e. The lowest BCUT2D eigenvalue weighted by Gasteiger charge is -2.32. The van der Waals surface area contributed by atoms with Gasteiger partial charge >= 0.3 is 13.7 Å². The van der Waals surface area contributed by atoms with Crippen molar-refractivity contribution < 1.29 is 37.4 Å². The number of rotatable bonds is 11. The zero-order valence-electron chi connectivity index (χ0n) is 27.5. The number of benzene rings is 2. The third-order valence-corrected chi connectivity index (χ3v) is 9.88. The molecule has 2 aromatic heterocycles. The molecule has 0 spiro atoms. The fourth-order valence-corrected chi connectivity index (χ4v) is 7.08. The summed E-state index contributed by atoms with van der Waals surface area (Å²) in [5.74, 6) is 0.0794. The summed E-state index contributed by atoms with van der Waals surface area (Å²) in [6.45, 7) is 9.55. The first-order valence-electron chi connectivity index (χ1n) is 15.8. The number of nitrogens with zero attached hydrogens (tertiary/aromatic N) is 5. The van der Waals surface area contributed by atoms with E-state index in [4.69, 9.17) is 24.3 Å². The summed E-state index contributed by atoms with van der Waals surface area (Å²) >= 11 is 0. The number of imidazole rings is 1. The van der Waals surface area contributed by atoms with Gasteiger partial charge in [-0.05, 0) is 37.1 Å². The molecule has 0 aliphatic carbocycles. The maximum atomic E-state index is 16.0. The van der Waals surface area contributed by atoms with E-state index in [-0.39, 0.29) is 29.4 Å². The van der Waals surface area contributed by atoms with E-state index in [1.165, 1.54) is 24.7 Å². The van der Waals surface area contributed by atoms with Gasteiger partial charge < -0.3 is 29.7 Å². The molecule has 0 amide bonds. The number of nitrogen functional groups attached to an aromatic ring is 1. The maximum absolute atomic E-state index is 16.0. The van der Waals surface area contributed by atoms with E-state index in [9.17, 15) is 14.5 Å². The van der Waals surface area contributed by atoms with Crippen LogP contribution in [-0.4, -0.2) is 80.8 Å². The van der Waals surface area contributed by atoms with Crippen molar-refractivity contribution in [2.24, 2.45) is 5.41 Å². The molecule has 4 aromatic rings. The third kappa shape index (κ3) is 6.83. The van der Waals surface area contributed by atoms with Gasteiger partial charge in [0, 0.05) is 18.5 Å². The second-order valence-electron chi connectivity index (χ2n) is 13.6. The number of nitrogens with two attached hydrogens (primary N) is 1. The van der Waals surface area contributed by atoms with E-state index in [1.54, 1.807) is 24.3 Å². The topological polar surface area (TPSA) is 176 Å². The number of nitrogens with one attached hydrogen (secondary N) is 1. The standard InChI is InChI=1S/C32H41FN7O7P/c1-19(28(41)44-17-31(2,3)4)38-48(43,47-22-13-8-11-20-10-6-7-12-21(20)22)45-16-23-25(33)32(5,42)29(46-23)40-18-35-24-26(39-14-9-15-39)36-30(34)37-27(24)40/h6-8,10-13,18-19,23,25,29,42H,9,14-17H2,1-5H3,(H,38,43)(H2,34,36,37)/t19-,23+,25+,29?,32+,48?/m0/s1. The Kier molecular flexibility index (Phi) is 9.11. The summed E-state index contributed by atoms with van der Waals surface area (Å²) in [7, 11) is -4.42. The number of carbonyl (C=O) groups excluding carboxylic acids is 1. The van der Waals surface area contributed by atoms with Crippen LogP contribution in [0.1, 0.15) is 47.3 Å². The molecule has 2 unspecified atom stereocenters. The number of aliphatic hydroxyl groups is 1. The van der Waals surface area contributed by atoms with Gasteiger partial charge in [0.05, 0.1) is 19.5 Å². The molecule has 2 aliphatic rings. The van der Waals surface area contributed by atoms with Crippen LogP contribution >= 0.6 is 7.75 Å². The molecule has 6 atom stereocenters. The number of anilines is 2. The van der Waals surface area contributed by atoms with E-state index in [0.29, 0.717) is 16.7 Å². The zero-order valence-corrected chi connectivity index (χ0v) is 28.4. The van der Waals surface area contributed by atoms with Crippen molar-refractivity contribution >= 4 is 47.4 Å². The monoisotopic (exact) mass is 685 g/mol. The molecule has 0 saturated carbocycles. The van der Waals surface area contributed by atoms with Crippen molar-refractivity contribution in [2.45, 2.75) is 71.2 Å². The third-order valence-electron chi connectivity index (χ3n) is 8.25. The Morgan fingerprint density at radius 2 is 1.96 bits per heavy atom. The fourth-order valence-electron chi connectivity index (χ4n) is 5.56. The van der Waals surface area contributed by atoms with E-state index in [1.807, 2.05) is 43.9 Å². The van der Waals surface area contributed by atoms with Gasteiger partial charge in [-0.25, -0.2) is 13.9 Å². The Balaban J connectivity index is 1.25. The Bertz CT molecular complexity index is 1860. The van der Waals surface area contributed by atoms with Gasteiger partial charge in [-0.2, -0.15) is 15.1 Å². The molecule has 16 heteroatoms. The molecule has 2 saturated heterocycles. The number of halogens is 1. The van der Waals surface area contributed by atoms with Crippen molar-refractivity contribution in [3.05, 3.63) is 48.8 Å². The highest BCUT2D eigenvalue weighted by Crippen LogP contribution is 2.49. The van der Waals surface area contributed by atoms with Gasteiger partial charge in [-0.3, -0.25) is 13.9 Å². The van der Waals surface area contributed by atoms with Gasteiger partial charge in [0.25, 0.3) is 0 Å². The normalized spacial score (nSPS) is 24.7. The first-order valence-corrected chi connectivity index (χ1v) is 17.3. The van der Waals surface area contributed by atoms with Crippen LogP contribution in [0.3, 0.4) is 0 Å². The predicted octanol–water partition coefficient (Wildman–Crippen LogP) is 4.53. The summed E-state index contributed by atoms with van der Waals surface area (Å²) in [4.78, 5) is 27.9. The minimum Gasteiger partial charge on any atom is -0.464 e. The number of hydrogen-bond donors (Lipinski definition) is 3. The van der Waals surface area contributed by atoms with Gasteiger partial charge in [-0.1, -0.05) is 57.2 Å². The molecule has 4 N–H and O–H groups in total. The highest BCUT2D eigenvalue weighted by Gasteiger charge is 2.55. The fraction of sp³-hybridized carbons (Fsp3) is 0.500. The first-order chi connectivity index (χ1) is 22.6. The van der Waals surface area contributed by atoms with Crippen LogP contribution in [0.25, 0.3) is 21.9 Å². The van der Waals surface area contributed by atoms with Crippen LogP contribution in [0, 0.1) is 5.41 Å². The van der Waals surface area contributed by atoms with E-state index < -0.39 is 50.5 Å². The lowest BCUT2D eigenvalue weighted by molar-refractivity contribution is -0.148. The average Bonchev–Trinajstić information content (AvgIpc) is 3.51. The SMILES string of the molecule is C[C@H](NP(=O)(OC[C@H]1OC(n2cnc3c(N4CCC4)nc(N)nc32)[C@](C)(O)[C@@H]1F)Oc1cccc2ccccc12)C(=O)OCC(C)(C)C. The summed E-state index contributed by atoms with van der Waals surface area (Å²) in [5.41, 5.74) is 4.32. The number of alkyl halides is 1. The molecule has 2 aliphatic heterocycles. The molecular weight excluding hydrogens is 644 g/mol. The van der Waals surface area contributed by atoms with Crippen molar-refractivity contribution in [3.63, 3.8) is 0 Å². The van der Waals surface area contributed by atoms with E-state index in [2.05, 4.69) is 20.0 Å². The molecule has 258 valence electrons. The number of fused-ring (bicyclic) bond motifs is 2. The second-order valence-corrected chi connectivity index (χ2v) is 15.3. The van der Waals surface area contributed by atoms with Gasteiger partial charge in [0.15, 0.2) is 29.4 Å². The smallest absolute Gasteiger partial charge is 0.459 e. The summed E-state index contributed by atoms with van der Waals surface area (Å²) in [6.07, 6.45) is -2.34. The number of esters is 1. The number of aromatic nitrogens is 4. The molecule has 4 heterocycles. The number of carbonyl (C=O) groups is 1. The van der Waals surface area contributed by atoms with Crippen LogP contribution < -0.4 is 20.2 Å². The van der Waals surface area contributed by atoms with Crippen molar-refractivity contribution in [3.8, 4) is 5.75 Å². The molecule has 14 nitrogen and oxygen atoms in total. The van der Waals surface area contributed by atoms with Crippen LogP contribution in [-0.2, 0) is 23.4 Å². The Morgan fingerprint density at radius 3 is 2.67 bits per heavy atom. The van der Waals surface area contributed by atoms with Gasteiger partial charge in [0.1, 0.15) is 23.5 Å². The first kappa shape index (κ1) is 34.0. The molecular formula is C32H41FN7O7P. The second kappa shape index (κ2) is 12.9. The van der Waals surface area contributed by atoms with Crippen molar-refractivity contribution in [2.75, 3.05) is 36.9 Å². The highest BCUT2D eigenvalue weighted by molar-refractivity contribution is 7.52. The molecule has 0 radical (unpaired) electrons. The summed E-state index contributed by atoms with van der Waals surface area (Å²) < 4.78 is 55.0. The minimum atomic E-state index is -4.42. The summed E-state index contributed by atoms with van der Waals surface area (Å²) in [5, 5.41) is 15.5. The Morgan fingerprint density at radius 1 is 1.23 bits per heavy atom. The minimum absolute atomic E-state index is 0.00628. The summed E-state index contributed by atoms with van der Waals surface area (Å²) in [6, 6.07) is 11.4. The van der Waals surface area contributed by atoms with Gasteiger partial charge in [0.2, 0.25) is 5.95 Å². The van der Waals surface area contributed by atoms with Crippen molar-refractivity contribution in [1.82, 2.24) is 24.6 Å². The average molecular weight is 686 g/mol. The van der Waals surface area contributed by atoms with Crippen LogP contribution in [0.2, 0.25) is 0 Å². The lowest BCUT2D eigenvalue weighted by atomic mass is 9.98. The van der Waals surface area contributed by atoms with Crippen molar-refractivity contribution in [1.29, 1.82) is 0 Å². The molecule has 0 bridgehead atoms. The molecule has 2 fully saturated rings. The number of hydrogen-bond acceptors (Lipinski definition) is 12. The maximum Gasteiger partial charge on any atom is 0.459 e. The predicted molar refractivity (Wildman–Crippen MR) is 177 cm³/mol. The van der Waals surface area contributed by atoms with Crippen LogP contribution in [0.15, 0.2) is 48.8 Å². The van der Waals surface area contributed by atoms with Gasteiger partial charge in [-0.15, -0.1) is 0 Å².